The highest BCUT2D eigenvalue weighted by Crippen LogP contribution is 2.26. The van der Waals surface area contributed by atoms with Crippen LogP contribution in [0.3, 0.4) is 0 Å². The Morgan fingerprint density at radius 1 is 1.15 bits per heavy atom. The molecule has 136 valence electrons. The van der Waals surface area contributed by atoms with Gasteiger partial charge in [0.1, 0.15) is 28.2 Å². The number of ether oxygens (including phenoxy) is 2. The molecule has 1 heterocycles. The van der Waals surface area contributed by atoms with Crippen molar-refractivity contribution in [3.8, 4) is 5.75 Å². The first-order valence-corrected chi connectivity index (χ1v) is 9.44. The Balaban J connectivity index is 1.76. The predicted octanol–water partition coefficient (Wildman–Crippen LogP) is 4.56. The molecule has 0 saturated carbocycles. The van der Waals surface area contributed by atoms with Crippen LogP contribution in [0.15, 0.2) is 48.5 Å². The van der Waals surface area contributed by atoms with E-state index in [2.05, 4.69) is 27.7 Å². The van der Waals surface area contributed by atoms with Gasteiger partial charge in [-0.25, -0.2) is 0 Å². The minimum absolute atomic E-state index is 0.0843. The number of carbonyl (C=O) groups excluding carboxylic acids is 1. The van der Waals surface area contributed by atoms with Crippen molar-refractivity contribution in [2.75, 3.05) is 0 Å². The fourth-order valence-corrected chi connectivity index (χ4v) is 3.26. The Morgan fingerprint density at radius 3 is 2.58 bits per heavy atom. The normalized spacial score (nSPS) is 11.5. The molecular formula is C20H21IN2O3. The number of aromatic nitrogens is 2. The average Bonchev–Trinajstić information content (AvgIpc) is 2.87. The third-order valence-corrected chi connectivity index (χ3v) is 4.42. The number of rotatable bonds is 5. The third-order valence-electron chi connectivity index (χ3n) is 3.62. The molecule has 0 spiro atoms. The van der Waals surface area contributed by atoms with Crippen LogP contribution in [0.25, 0.3) is 10.9 Å². The zero-order chi connectivity index (χ0) is 18.7. The largest absolute Gasteiger partial charge is 0.489 e. The molecule has 26 heavy (non-hydrogen) atoms. The standard InChI is InChI=1S/C20H21IN2O3/c1-20(2,3)26-18(24)12-23-17-10-9-15(11-16(17)19(21)22-23)25-13-14-7-5-4-6-8-14/h4-11H,12-13H2,1-3H3. The summed E-state index contributed by atoms with van der Waals surface area (Å²) in [6.07, 6.45) is 0. The van der Waals surface area contributed by atoms with E-state index >= 15 is 0 Å². The molecule has 0 fully saturated rings. The van der Waals surface area contributed by atoms with Crippen molar-refractivity contribution in [1.29, 1.82) is 0 Å². The summed E-state index contributed by atoms with van der Waals surface area (Å²) < 4.78 is 13.8. The van der Waals surface area contributed by atoms with Crippen LogP contribution < -0.4 is 4.74 Å². The third kappa shape index (κ3) is 4.75. The zero-order valence-corrected chi connectivity index (χ0v) is 17.2. The van der Waals surface area contributed by atoms with Gasteiger partial charge < -0.3 is 9.47 Å². The molecule has 0 radical (unpaired) electrons. The predicted molar refractivity (Wildman–Crippen MR) is 109 cm³/mol. The molecule has 3 rings (SSSR count). The maximum Gasteiger partial charge on any atom is 0.328 e. The van der Waals surface area contributed by atoms with E-state index in [-0.39, 0.29) is 12.5 Å². The van der Waals surface area contributed by atoms with E-state index in [0.717, 1.165) is 25.9 Å². The fraction of sp³-hybridized carbons (Fsp3) is 0.300. The summed E-state index contributed by atoms with van der Waals surface area (Å²) in [5, 5.41) is 5.42. The van der Waals surface area contributed by atoms with E-state index in [1.54, 1.807) is 4.68 Å². The number of benzene rings is 2. The van der Waals surface area contributed by atoms with Crippen molar-refractivity contribution < 1.29 is 14.3 Å². The Kier molecular flexibility index (Phi) is 5.50. The zero-order valence-electron chi connectivity index (χ0n) is 15.0. The van der Waals surface area contributed by atoms with Gasteiger partial charge in [0.2, 0.25) is 0 Å². The highest BCUT2D eigenvalue weighted by Gasteiger charge is 2.18. The maximum absolute atomic E-state index is 12.1. The number of fused-ring (bicyclic) bond motifs is 1. The van der Waals surface area contributed by atoms with Gasteiger partial charge in [-0.15, -0.1) is 0 Å². The minimum atomic E-state index is -0.508. The molecule has 0 N–H and O–H groups in total. The molecule has 0 amide bonds. The summed E-state index contributed by atoms with van der Waals surface area (Å²) >= 11 is 2.17. The van der Waals surface area contributed by atoms with Crippen LogP contribution in [0, 0.1) is 3.70 Å². The molecule has 0 unspecified atom stereocenters. The van der Waals surface area contributed by atoms with Crippen molar-refractivity contribution in [3.63, 3.8) is 0 Å². The number of esters is 1. The van der Waals surface area contributed by atoms with Gasteiger partial charge in [-0.1, -0.05) is 30.3 Å². The van der Waals surface area contributed by atoms with Crippen LogP contribution in [0.4, 0.5) is 0 Å². The quantitative estimate of drug-likeness (QED) is 0.411. The summed E-state index contributed by atoms with van der Waals surface area (Å²) in [4.78, 5) is 12.1. The second-order valence-corrected chi connectivity index (χ2v) is 8.01. The second-order valence-electron chi connectivity index (χ2n) is 6.99. The Hall–Kier alpha value is -2.09. The number of hydrogen-bond acceptors (Lipinski definition) is 4. The van der Waals surface area contributed by atoms with Gasteiger partial charge in [0.05, 0.1) is 5.52 Å². The van der Waals surface area contributed by atoms with Crippen LogP contribution in [0.1, 0.15) is 26.3 Å². The molecular weight excluding hydrogens is 443 g/mol. The Labute approximate surface area is 166 Å². The van der Waals surface area contributed by atoms with Crippen LogP contribution in [-0.2, 0) is 22.7 Å². The highest BCUT2D eigenvalue weighted by molar-refractivity contribution is 14.1. The van der Waals surface area contributed by atoms with Gasteiger partial charge in [-0.3, -0.25) is 9.48 Å². The van der Waals surface area contributed by atoms with Crippen molar-refractivity contribution in [1.82, 2.24) is 9.78 Å². The van der Waals surface area contributed by atoms with E-state index in [1.165, 1.54) is 0 Å². The SMILES string of the molecule is CC(C)(C)OC(=O)Cn1nc(I)c2cc(OCc3ccccc3)ccc21. The second kappa shape index (κ2) is 7.65. The van der Waals surface area contributed by atoms with Gasteiger partial charge in [0.25, 0.3) is 0 Å². The van der Waals surface area contributed by atoms with Gasteiger partial charge in [0, 0.05) is 5.39 Å². The Morgan fingerprint density at radius 2 is 1.88 bits per heavy atom. The molecule has 3 aromatic rings. The summed E-state index contributed by atoms with van der Waals surface area (Å²) in [5.74, 6) is 0.471. The molecule has 0 bridgehead atoms. The molecule has 5 nitrogen and oxygen atoms in total. The lowest BCUT2D eigenvalue weighted by Crippen LogP contribution is -2.26. The highest BCUT2D eigenvalue weighted by atomic mass is 127. The molecule has 0 aliphatic rings. The summed E-state index contributed by atoms with van der Waals surface area (Å²) in [6, 6.07) is 15.8. The van der Waals surface area contributed by atoms with E-state index in [4.69, 9.17) is 9.47 Å². The maximum atomic E-state index is 12.1. The van der Waals surface area contributed by atoms with Crippen LogP contribution in [0.5, 0.6) is 5.75 Å². The molecule has 0 aliphatic heterocycles. The van der Waals surface area contributed by atoms with Gasteiger partial charge in [-0.05, 0) is 67.1 Å². The Bertz CT molecular complexity index is 914. The average molecular weight is 464 g/mol. The van der Waals surface area contributed by atoms with E-state index < -0.39 is 5.60 Å². The van der Waals surface area contributed by atoms with Crippen molar-refractivity contribution in [3.05, 3.63) is 57.8 Å². The number of halogens is 1. The smallest absolute Gasteiger partial charge is 0.328 e. The summed E-state index contributed by atoms with van der Waals surface area (Å²) in [6.45, 7) is 6.15. The van der Waals surface area contributed by atoms with Crippen molar-refractivity contribution in [2.24, 2.45) is 0 Å². The minimum Gasteiger partial charge on any atom is -0.489 e. The van der Waals surface area contributed by atoms with Crippen LogP contribution in [0.2, 0.25) is 0 Å². The first-order valence-electron chi connectivity index (χ1n) is 8.36. The lowest BCUT2D eigenvalue weighted by atomic mass is 10.2. The van der Waals surface area contributed by atoms with E-state index in [9.17, 15) is 4.79 Å². The molecule has 0 atom stereocenters. The molecule has 1 aromatic heterocycles. The summed E-state index contributed by atoms with van der Waals surface area (Å²) in [5.41, 5.74) is 1.49. The van der Waals surface area contributed by atoms with Gasteiger partial charge in [-0.2, -0.15) is 5.10 Å². The van der Waals surface area contributed by atoms with Crippen LogP contribution >= 0.6 is 22.6 Å². The summed E-state index contributed by atoms with van der Waals surface area (Å²) in [7, 11) is 0. The lowest BCUT2D eigenvalue weighted by Gasteiger charge is -2.19. The van der Waals surface area contributed by atoms with Crippen molar-refractivity contribution in [2.45, 2.75) is 39.5 Å². The van der Waals surface area contributed by atoms with Crippen LogP contribution in [-0.4, -0.2) is 21.4 Å². The van der Waals surface area contributed by atoms with Crippen molar-refractivity contribution >= 4 is 39.5 Å². The van der Waals surface area contributed by atoms with E-state index in [0.29, 0.717) is 6.61 Å². The van der Waals surface area contributed by atoms with Gasteiger partial charge in [0.15, 0.2) is 0 Å². The number of carbonyl (C=O) groups is 1. The van der Waals surface area contributed by atoms with Gasteiger partial charge >= 0.3 is 5.97 Å². The monoisotopic (exact) mass is 464 g/mol. The number of nitrogens with zero attached hydrogens (tertiary/aromatic N) is 2. The fourth-order valence-electron chi connectivity index (χ4n) is 2.57. The molecule has 0 aliphatic carbocycles. The topological polar surface area (TPSA) is 53.4 Å². The first kappa shape index (κ1) is 18.7. The number of hydrogen-bond donors (Lipinski definition) is 0. The first-order chi connectivity index (χ1) is 12.3. The molecule has 0 saturated heterocycles. The molecule has 2 aromatic carbocycles. The van der Waals surface area contributed by atoms with E-state index in [1.807, 2.05) is 69.3 Å². The lowest BCUT2D eigenvalue weighted by molar-refractivity contribution is -0.155. The molecule has 6 heteroatoms.